The van der Waals surface area contributed by atoms with E-state index in [4.69, 9.17) is 27.9 Å². The van der Waals surface area contributed by atoms with Gasteiger partial charge in [0.15, 0.2) is 0 Å². The average Bonchev–Trinajstić information content (AvgIpc) is 2.66. The minimum Gasteiger partial charge on any atom is -0.455 e. The van der Waals surface area contributed by atoms with Crippen LogP contribution in [0.1, 0.15) is 0 Å². The molecule has 0 amide bonds. The zero-order chi connectivity index (χ0) is 9.97. The number of hydrogen-bond donors (Lipinski definition) is 0. The van der Waals surface area contributed by atoms with E-state index < -0.39 is 0 Å². The molecule has 2 aromatic rings. The highest BCUT2D eigenvalue weighted by Gasteiger charge is 2.06. The van der Waals surface area contributed by atoms with Gasteiger partial charge in [-0.05, 0) is 12.1 Å². The lowest BCUT2D eigenvalue weighted by Crippen LogP contribution is -1.82. The summed E-state index contributed by atoms with van der Waals surface area (Å²) in [5, 5.41) is 5.69. The molecule has 2 rings (SSSR count). The van der Waals surface area contributed by atoms with E-state index in [2.05, 4.69) is 5.38 Å². The zero-order valence-corrected chi connectivity index (χ0v) is 9.29. The molecular formula is C10H5Cl2OS. The summed E-state index contributed by atoms with van der Waals surface area (Å²) < 4.78 is 5.49. The lowest BCUT2D eigenvalue weighted by molar-refractivity contribution is 0.485. The third-order valence-electron chi connectivity index (χ3n) is 1.59. The normalized spacial score (nSPS) is 10.1. The van der Waals surface area contributed by atoms with Crippen LogP contribution in [-0.4, -0.2) is 0 Å². The fraction of sp³-hybridized carbons (Fsp3) is 0. The van der Waals surface area contributed by atoms with Gasteiger partial charge in [0.1, 0.15) is 16.5 Å². The summed E-state index contributed by atoms with van der Waals surface area (Å²) in [6, 6.07) is 7.03. The Morgan fingerprint density at radius 3 is 2.86 bits per heavy atom. The topological polar surface area (TPSA) is 9.23 Å². The number of thiophene rings is 1. The van der Waals surface area contributed by atoms with Gasteiger partial charge in [-0.2, -0.15) is 0 Å². The molecule has 1 nitrogen and oxygen atoms in total. The highest BCUT2D eigenvalue weighted by Crippen LogP contribution is 2.34. The molecule has 1 heterocycles. The van der Waals surface area contributed by atoms with Crippen LogP contribution < -0.4 is 4.74 Å². The molecule has 0 fully saturated rings. The van der Waals surface area contributed by atoms with Crippen LogP contribution in [-0.2, 0) is 0 Å². The summed E-state index contributed by atoms with van der Waals surface area (Å²) in [5.74, 6) is 1.28. The molecule has 0 atom stereocenters. The first kappa shape index (κ1) is 9.84. The molecule has 0 aliphatic carbocycles. The summed E-state index contributed by atoms with van der Waals surface area (Å²) >= 11 is 13.2. The van der Waals surface area contributed by atoms with Crippen molar-refractivity contribution < 1.29 is 4.74 Å². The molecule has 0 aliphatic heterocycles. The summed E-state index contributed by atoms with van der Waals surface area (Å²) in [5.41, 5.74) is 0. The maximum absolute atomic E-state index is 5.95. The quantitative estimate of drug-likeness (QED) is 0.747. The van der Waals surface area contributed by atoms with Gasteiger partial charge < -0.3 is 4.74 Å². The van der Waals surface area contributed by atoms with Gasteiger partial charge in [0, 0.05) is 16.8 Å². The second kappa shape index (κ2) is 4.22. The van der Waals surface area contributed by atoms with Crippen LogP contribution in [0.5, 0.6) is 11.5 Å². The summed E-state index contributed by atoms with van der Waals surface area (Å²) in [7, 11) is 0. The first-order valence-corrected chi connectivity index (χ1v) is 5.47. The molecule has 14 heavy (non-hydrogen) atoms. The predicted molar refractivity (Wildman–Crippen MR) is 59.7 cm³/mol. The summed E-state index contributed by atoms with van der Waals surface area (Å²) in [4.78, 5) is 0. The molecule has 0 saturated carbocycles. The molecule has 0 N–H and O–H groups in total. The molecule has 0 spiro atoms. The number of halogens is 2. The number of hydrogen-bond acceptors (Lipinski definition) is 2. The largest absolute Gasteiger partial charge is 0.455 e. The van der Waals surface area contributed by atoms with Crippen molar-refractivity contribution in [2.45, 2.75) is 0 Å². The lowest BCUT2D eigenvalue weighted by Gasteiger charge is -2.05. The Bertz CT molecular complexity index is 426. The molecule has 1 aromatic carbocycles. The standard InChI is InChI=1S/C10H5Cl2OS/c11-8-2-1-3-9(10(8)12)13-7-4-5-14-6-7/h1-4,6H. The SMILES string of the molecule is Clc1cccc(Oc2c[c]sc2)c1Cl. The number of ether oxygens (including phenoxy) is 1. The first-order chi connectivity index (χ1) is 6.77. The van der Waals surface area contributed by atoms with E-state index in [0.29, 0.717) is 15.8 Å². The van der Waals surface area contributed by atoms with Crippen LogP contribution in [0.15, 0.2) is 29.6 Å². The van der Waals surface area contributed by atoms with Crippen LogP contribution in [0.2, 0.25) is 10.0 Å². The van der Waals surface area contributed by atoms with E-state index in [9.17, 15) is 0 Å². The Morgan fingerprint density at radius 2 is 2.14 bits per heavy atom. The monoisotopic (exact) mass is 243 g/mol. The highest BCUT2D eigenvalue weighted by atomic mass is 35.5. The highest BCUT2D eigenvalue weighted by molar-refractivity contribution is 7.07. The minimum atomic E-state index is 0.431. The molecule has 1 radical (unpaired) electrons. The summed E-state index contributed by atoms with van der Waals surface area (Å²) in [6.07, 6.45) is 0. The van der Waals surface area contributed by atoms with Crippen molar-refractivity contribution in [1.29, 1.82) is 0 Å². The van der Waals surface area contributed by atoms with Gasteiger partial charge in [0.25, 0.3) is 0 Å². The van der Waals surface area contributed by atoms with Crippen molar-refractivity contribution in [3.63, 3.8) is 0 Å². The molecule has 0 aliphatic rings. The van der Waals surface area contributed by atoms with Crippen LogP contribution in [0, 0.1) is 5.38 Å². The third kappa shape index (κ3) is 2.03. The Morgan fingerprint density at radius 1 is 1.29 bits per heavy atom. The van der Waals surface area contributed by atoms with E-state index >= 15 is 0 Å². The van der Waals surface area contributed by atoms with Crippen molar-refractivity contribution >= 4 is 34.5 Å². The molecule has 1 aromatic heterocycles. The van der Waals surface area contributed by atoms with Gasteiger partial charge >= 0.3 is 0 Å². The minimum absolute atomic E-state index is 0.431. The molecule has 0 bridgehead atoms. The first-order valence-electron chi connectivity index (χ1n) is 3.84. The molecule has 0 saturated heterocycles. The molecule has 71 valence electrons. The Kier molecular flexibility index (Phi) is 2.96. The van der Waals surface area contributed by atoms with Gasteiger partial charge in [-0.1, -0.05) is 29.3 Å². The Balaban J connectivity index is 2.29. The van der Waals surface area contributed by atoms with Gasteiger partial charge in [0.2, 0.25) is 0 Å². The van der Waals surface area contributed by atoms with E-state index in [1.165, 1.54) is 11.3 Å². The third-order valence-corrected chi connectivity index (χ3v) is 2.99. The van der Waals surface area contributed by atoms with E-state index in [0.717, 1.165) is 5.75 Å². The van der Waals surface area contributed by atoms with Crippen LogP contribution in [0.3, 0.4) is 0 Å². The van der Waals surface area contributed by atoms with E-state index in [-0.39, 0.29) is 0 Å². The van der Waals surface area contributed by atoms with Crippen molar-refractivity contribution in [3.8, 4) is 11.5 Å². The van der Waals surface area contributed by atoms with Gasteiger partial charge in [0.05, 0.1) is 5.02 Å². The zero-order valence-electron chi connectivity index (χ0n) is 6.96. The Labute approximate surface area is 95.8 Å². The van der Waals surface area contributed by atoms with Crippen molar-refractivity contribution in [1.82, 2.24) is 0 Å². The average molecular weight is 244 g/mol. The molecule has 4 heteroatoms. The van der Waals surface area contributed by atoms with Crippen molar-refractivity contribution in [2.24, 2.45) is 0 Å². The van der Waals surface area contributed by atoms with Crippen molar-refractivity contribution in [3.05, 3.63) is 45.1 Å². The number of rotatable bonds is 2. The fourth-order valence-corrected chi connectivity index (χ4v) is 1.78. The predicted octanol–water partition coefficient (Wildman–Crippen LogP) is 4.65. The second-order valence-electron chi connectivity index (χ2n) is 2.55. The maximum atomic E-state index is 5.95. The smallest absolute Gasteiger partial charge is 0.147 e. The lowest BCUT2D eigenvalue weighted by atomic mass is 10.3. The maximum Gasteiger partial charge on any atom is 0.147 e. The fourth-order valence-electron chi connectivity index (χ4n) is 0.962. The van der Waals surface area contributed by atoms with E-state index in [1.54, 1.807) is 24.3 Å². The van der Waals surface area contributed by atoms with Gasteiger partial charge in [-0.15, -0.1) is 11.3 Å². The van der Waals surface area contributed by atoms with Crippen LogP contribution in [0.4, 0.5) is 0 Å². The molecule has 0 unspecified atom stereocenters. The van der Waals surface area contributed by atoms with Crippen LogP contribution in [0.25, 0.3) is 0 Å². The van der Waals surface area contributed by atoms with Gasteiger partial charge in [-0.3, -0.25) is 0 Å². The number of benzene rings is 1. The van der Waals surface area contributed by atoms with Crippen molar-refractivity contribution in [2.75, 3.05) is 0 Å². The second-order valence-corrected chi connectivity index (χ2v) is 4.05. The van der Waals surface area contributed by atoms with E-state index in [1.807, 2.05) is 5.38 Å². The van der Waals surface area contributed by atoms with Gasteiger partial charge in [-0.25, -0.2) is 0 Å². The molecular weight excluding hydrogens is 239 g/mol. The Hall–Kier alpha value is -0.700. The van der Waals surface area contributed by atoms with Crippen LogP contribution >= 0.6 is 34.5 Å². The summed E-state index contributed by atoms with van der Waals surface area (Å²) in [6.45, 7) is 0.